The molecular weight excluding hydrogens is 202 g/mol. The Balaban J connectivity index is 2.04. The number of nitrogens with zero attached hydrogens (tertiary/aromatic N) is 1. The highest BCUT2D eigenvalue weighted by Crippen LogP contribution is 2.21. The molecule has 88 valence electrons. The molecule has 0 atom stereocenters. The SMILES string of the molecule is CN(c1ccc(CO)cc1)C1CCOCC1. The molecule has 0 aromatic heterocycles. The fourth-order valence-corrected chi connectivity index (χ4v) is 2.12. The van der Waals surface area contributed by atoms with Gasteiger partial charge in [-0.25, -0.2) is 0 Å². The minimum absolute atomic E-state index is 0.112. The van der Waals surface area contributed by atoms with Crippen LogP contribution >= 0.6 is 0 Å². The topological polar surface area (TPSA) is 32.7 Å². The molecule has 1 aromatic carbocycles. The van der Waals surface area contributed by atoms with Gasteiger partial charge < -0.3 is 14.7 Å². The van der Waals surface area contributed by atoms with E-state index >= 15 is 0 Å². The van der Waals surface area contributed by atoms with Crippen LogP contribution in [-0.2, 0) is 11.3 Å². The van der Waals surface area contributed by atoms with Gasteiger partial charge in [0.2, 0.25) is 0 Å². The predicted molar refractivity (Wildman–Crippen MR) is 64.6 cm³/mol. The second kappa shape index (κ2) is 5.32. The van der Waals surface area contributed by atoms with Crippen LogP contribution in [0.25, 0.3) is 0 Å². The molecule has 1 aliphatic rings. The van der Waals surface area contributed by atoms with E-state index in [9.17, 15) is 0 Å². The molecule has 2 rings (SSSR count). The van der Waals surface area contributed by atoms with Crippen LogP contribution in [0.2, 0.25) is 0 Å². The molecule has 0 radical (unpaired) electrons. The van der Waals surface area contributed by atoms with E-state index in [1.165, 1.54) is 5.69 Å². The van der Waals surface area contributed by atoms with Crippen LogP contribution in [0.4, 0.5) is 5.69 Å². The van der Waals surface area contributed by atoms with Gasteiger partial charge in [-0.3, -0.25) is 0 Å². The van der Waals surface area contributed by atoms with Gasteiger partial charge in [-0.15, -0.1) is 0 Å². The van der Waals surface area contributed by atoms with Crippen molar-refractivity contribution in [2.45, 2.75) is 25.5 Å². The van der Waals surface area contributed by atoms with E-state index in [-0.39, 0.29) is 6.61 Å². The molecule has 1 heterocycles. The Hall–Kier alpha value is -1.06. The first-order valence-corrected chi connectivity index (χ1v) is 5.81. The summed E-state index contributed by atoms with van der Waals surface area (Å²) in [5.74, 6) is 0. The maximum Gasteiger partial charge on any atom is 0.0681 e. The second-order valence-electron chi connectivity index (χ2n) is 4.28. The molecule has 1 fully saturated rings. The van der Waals surface area contributed by atoms with E-state index < -0.39 is 0 Å². The van der Waals surface area contributed by atoms with E-state index in [4.69, 9.17) is 9.84 Å². The van der Waals surface area contributed by atoms with Crippen molar-refractivity contribution in [2.24, 2.45) is 0 Å². The summed E-state index contributed by atoms with van der Waals surface area (Å²) in [7, 11) is 2.13. The maximum absolute atomic E-state index is 8.99. The number of hydrogen-bond acceptors (Lipinski definition) is 3. The van der Waals surface area contributed by atoms with Crippen LogP contribution in [-0.4, -0.2) is 31.4 Å². The summed E-state index contributed by atoms with van der Waals surface area (Å²) in [6.45, 7) is 1.84. The quantitative estimate of drug-likeness (QED) is 0.844. The summed E-state index contributed by atoms with van der Waals surface area (Å²) in [4.78, 5) is 2.31. The summed E-state index contributed by atoms with van der Waals surface area (Å²) in [6, 6.07) is 8.67. The lowest BCUT2D eigenvalue weighted by Gasteiger charge is -2.33. The minimum Gasteiger partial charge on any atom is -0.392 e. The van der Waals surface area contributed by atoms with Gasteiger partial charge in [-0.1, -0.05) is 12.1 Å². The molecular formula is C13H19NO2. The summed E-state index contributed by atoms with van der Waals surface area (Å²) >= 11 is 0. The van der Waals surface area contributed by atoms with Gasteiger partial charge >= 0.3 is 0 Å². The van der Waals surface area contributed by atoms with Crippen molar-refractivity contribution in [3.8, 4) is 0 Å². The number of hydrogen-bond donors (Lipinski definition) is 1. The molecule has 16 heavy (non-hydrogen) atoms. The van der Waals surface area contributed by atoms with Crippen molar-refractivity contribution >= 4 is 5.69 Å². The predicted octanol–water partition coefficient (Wildman–Crippen LogP) is 1.79. The van der Waals surface area contributed by atoms with Gasteiger partial charge in [-0.05, 0) is 30.5 Å². The monoisotopic (exact) mass is 221 g/mol. The molecule has 1 aliphatic heterocycles. The van der Waals surface area contributed by atoms with E-state index in [1.54, 1.807) is 0 Å². The number of anilines is 1. The smallest absolute Gasteiger partial charge is 0.0681 e. The number of aliphatic hydroxyl groups is 1. The Labute approximate surface area is 96.6 Å². The van der Waals surface area contributed by atoms with Gasteiger partial charge in [0.05, 0.1) is 6.61 Å². The number of aliphatic hydroxyl groups excluding tert-OH is 1. The first kappa shape index (κ1) is 11.4. The fourth-order valence-electron chi connectivity index (χ4n) is 2.12. The number of rotatable bonds is 3. The highest BCUT2D eigenvalue weighted by molar-refractivity contribution is 5.47. The summed E-state index contributed by atoms with van der Waals surface area (Å²) in [6.07, 6.45) is 2.19. The lowest BCUT2D eigenvalue weighted by molar-refractivity contribution is 0.0855. The van der Waals surface area contributed by atoms with Crippen LogP contribution < -0.4 is 4.90 Å². The largest absolute Gasteiger partial charge is 0.392 e. The molecule has 0 amide bonds. The van der Waals surface area contributed by atoms with Crippen molar-refractivity contribution < 1.29 is 9.84 Å². The molecule has 0 aliphatic carbocycles. The Kier molecular flexibility index (Phi) is 3.80. The lowest BCUT2D eigenvalue weighted by Crippen LogP contribution is -2.36. The van der Waals surface area contributed by atoms with Crippen molar-refractivity contribution in [3.05, 3.63) is 29.8 Å². The van der Waals surface area contributed by atoms with Crippen molar-refractivity contribution in [3.63, 3.8) is 0 Å². The first-order chi connectivity index (χ1) is 7.81. The Bertz CT molecular complexity index is 317. The van der Waals surface area contributed by atoms with Crippen LogP contribution in [0.5, 0.6) is 0 Å². The molecule has 0 bridgehead atoms. The lowest BCUT2D eigenvalue weighted by atomic mass is 10.1. The van der Waals surface area contributed by atoms with Crippen LogP contribution in [0.3, 0.4) is 0 Å². The van der Waals surface area contributed by atoms with E-state index in [2.05, 4.69) is 24.1 Å². The number of ether oxygens (including phenoxy) is 1. The summed E-state index contributed by atoms with van der Waals surface area (Å²) in [5, 5.41) is 8.99. The Morgan fingerprint density at radius 1 is 1.25 bits per heavy atom. The molecule has 1 saturated heterocycles. The van der Waals surface area contributed by atoms with Crippen LogP contribution in [0.1, 0.15) is 18.4 Å². The van der Waals surface area contributed by atoms with E-state index in [0.29, 0.717) is 6.04 Å². The fraction of sp³-hybridized carbons (Fsp3) is 0.538. The summed E-state index contributed by atoms with van der Waals surface area (Å²) in [5.41, 5.74) is 2.17. The zero-order chi connectivity index (χ0) is 11.4. The highest BCUT2D eigenvalue weighted by Gasteiger charge is 2.18. The zero-order valence-electron chi connectivity index (χ0n) is 9.72. The van der Waals surface area contributed by atoms with Crippen molar-refractivity contribution in [2.75, 3.05) is 25.2 Å². The molecule has 3 nitrogen and oxygen atoms in total. The molecule has 1 aromatic rings. The molecule has 3 heteroatoms. The molecule has 0 unspecified atom stereocenters. The number of benzene rings is 1. The van der Waals surface area contributed by atoms with Crippen LogP contribution in [0, 0.1) is 0 Å². The van der Waals surface area contributed by atoms with Gasteiger partial charge in [0, 0.05) is 32.0 Å². The van der Waals surface area contributed by atoms with Crippen LogP contribution in [0.15, 0.2) is 24.3 Å². The molecule has 0 saturated carbocycles. The highest BCUT2D eigenvalue weighted by atomic mass is 16.5. The van der Waals surface area contributed by atoms with E-state index in [1.807, 2.05) is 12.1 Å². The summed E-state index contributed by atoms with van der Waals surface area (Å²) < 4.78 is 5.36. The third-order valence-corrected chi connectivity index (χ3v) is 3.26. The maximum atomic E-state index is 8.99. The average molecular weight is 221 g/mol. The normalized spacial score (nSPS) is 17.4. The molecule has 0 spiro atoms. The van der Waals surface area contributed by atoms with Gasteiger partial charge in [0.25, 0.3) is 0 Å². The minimum atomic E-state index is 0.112. The van der Waals surface area contributed by atoms with Gasteiger partial charge in [0.1, 0.15) is 0 Å². The van der Waals surface area contributed by atoms with Gasteiger partial charge in [0.15, 0.2) is 0 Å². The Morgan fingerprint density at radius 2 is 1.88 bits per heavy atom. The van der Waals surface area contributed by atoms with E-state index in [0.717, 1.165) is 31.6 Å². The first-order valence-electron chi connectivity index (χ1n) is 5.81. The zero-order valence-corrected chi connectivity index (χ0v) is 9.72. The average Bonchev–Trinajstić information content (AvgIpc) is 2.39. The second-order valence-corrected chi connectivity index (χ2v) is 4.28. The van der Waals surface area contributed by atoms with Gasteiger partial charge in [-0.2, -0.15) is 0 Å². The molecule has 1 N–H and O–H groups in total. The Morgan fingerprint density at radius 3 is 2.44 bits per heavy atom. The third kappa shape index (κ3) is 2.54. The standard InChI is InChI=1S/C13H19NO2/c1-14(13-6-8-16-9-7-13)12-4-2-11(10-15)3-5-12/h2-5,13,15H,6-10H2,1H3. The van der Waals surface area contributed by atoms with Crippen molar-refractivity contribution in [1.82, 2.24) is 0 Å². The van der Waals surface area contributed by atoms with Crippen molar-refractivity contribution in [1.29, 1.82) is 0 Å². The third-order valence-electron chi connectivity index (χ3n) is 3.26.